The Morgan fingerprint density at radius 2 is 2.23 bits per heavy atom. The van der Waals surface area contributed by atoms with Crippen LogP contribution in [0.4, 0.5) is 0 Å². The van der Waals surface area contributed by atoms with E-state index in [1.807, 2.05) is 0 Å². The number of ether oxygens (including phenoxy) is 1. The van der Waals surface area contributed by atoms with Crippen LogP contribution >= 0.6 is 11.6 Å². The third kappa shape index (κ3) is 4.34. The Balaban J connectivity index is 2.15. The summed E-state index contributed by atoms with van der Waals surface area (Å²) < 4.78 is 27.6. The number of hydrogen-bond acceptors (Lipinski definition) is 4. The summed E-state index contributed by atoms with van der Waals surface area (Å²) in [6.45, 7) is 0.965. The van der Waals surface area contributed by atoms with Gasteiger partial charge in [-0.15, -0.1) is 0 Å². The van der Waals surface area contributed by atoms with Crippen LogP contribution < -0.4 is 9.88 Å². The van der Waals surface area contributed by atoms with E-state index in [1.165, 1.54) is 7.11 Å². The molecule has 1 fully saturated rings. The molecule has 1 aliphatic heterocycles. The number of nitrogens with two attached hydrogens (primary N) is 1. The molecule has 1 aliphatic rings. The standard InChI is InChI=1S/C14H19ClN2O4S/c1-21-13-7-11(15)4-5-12(13)14(18)17-6-2-3-10(8-17)9-22(16,19)20/h4-5,7,10H,2-3,6,8-9H2,1H3,(H2,16,19,20)/t10-/m0/s1. The summed E-state index contributed by atoms with van der Waals surface area (Å²) >= 11 is 5.90. The minimum Gasteiger partial charge on any atom is -0.496 e. The molecule has 2 rings (SSSR count). The molecule has 0 saturated carbocycles. The van der Waals surface area contributed by atoms with E-state index in [9.17, 15) is 13.2 Å². The molecule has 0 spiro atoms. The summed E-state index contributed by atoms with van der Waals surface area (Å²) in [4.78, 5) is 14.3. The van der Waals surface area contributed by atoms with Gasteiger partial charge in [-0.1, -0.05) is 11.6 Å². The fraction of sp³-hybridized carbons (Fsp3) is 0.500. The SMILES string of the molecule is COc1cc(Cl)ccc1C(=O)N1CCC[C@H](CS(N)(=O)=O)C1. The summed E-state index contributed by atoms with van der Waals surface area (Å²) in [5.74, 6) is -0.0150. The molecule has 1 heterocycles. The monoisotopic (exact) mass is 346 g/mol. The van der Waals surface area contributed by atoms with Gasteiger partial charge in [-0.3, -0.25) is 4.79 Å². The average molecular weight is 347 g/mol. The van der Waals surface area contributed by atoms with Crippen molar-refractivity contribution in [3.8, 4) is 5.75 Å². The maximum absolute atomic E-state index is 12.6. The first-order valence-electron chi connectivity index (χ1n) is 6.93. The number of halogens is 1. The quantitative estimate of drug-likeness (QED) is 0.894. The number of carbonyl (C=O) groups excluding carboxylic acids is 1. The van der Waals surface area contributed by atoms with Crippen molar-refractivity contribution in [2.75, 3.05) is 26.0 Å². The molecule has 8 heteroatoms. The average Bonchev–Trinajstić information content (AvgIpc) is 2.45. The van der Waals surface area contributed by atoms with E-state index in [0.717, 1.165) is 12.8 Å². The van der Waals surface area contributed by atoms with Crippen LogP contribution in [0.2, 0.25) is 5.02 Å². The van der Waals surface area contributed by atoms with E-state index < -0.39 is 10.0 Å². The molecule has 0 bridgehead atoms. The fourth-order valence-electron chi connectivity index (χ4n) is 2.73. The van der Waals surface area contributed by atoms with Crippen LogP contribution in [0, 0.1) is 5.92 Å². The first-order valence-corrected chi connectivity index (χ1v) is 9.03. The lowest BCUT2D eigenvalue weighted by Gasteiger charge is -2.32. The normalized spacial score (nSPS) is 19.0. The van der Waals surface area contributed by atoms with Crippen LogP contribution in [-0.4, -0.2) is 45.2 Å². The van der Waals surface area contributed by atoms with E-state index >= 15 is 0 Å². The lowest BCUT2D eigenvalue weighted by atomic mass is 9.99. The van der Waals surface area contributed by atoms with Crippen molar-refractivity contribution in [2.24, 2.45) is 11.1 Å². The Kier molecular flexibility index (Phi) is 5.31. The number of hydrogen-bond donors (Lipinski definition) is 1. The Morgan fingerprint density at radius 1 is 1.50 bits per heavy atom. The van der Waals surface area contributed by atoms with Gasteiger partial charge < -0.3 is 9.64 Å². The smallest absolute Gasteiger partial charge is 0.257 e. The Bertz CT molecular complexity index is 663. The molecule has 0 aromatic heterocycles. The fourth-order valence-corrected chi connectivity index (χ4v) is 3.82. The molecule has 1 atom stereocenters. The van der Waals surface area contributed by atoms with Gasteiger partial charge in [0.1, 0.15) is 5.75 Å². The third-order valence-electron chi connectivity index (χ3n) is 3.67. The number of nitrogens with zero attached hydrogens (tertiary/aromatic N) is 1. The second-order valence-electron chi connectivity index (χ2n) is 5.43. The molecule has 0 aliphatic carbocycles. The maximum atomic E-state index is 12.6. The van der Waals surface area contributed by atoms with Crippen molar-refractivity contribution >= 4 is 27.5 Å². The predicted molar refractivity (Wildman–Crippen MR) is 84.6 cm³/mol. The summed E-state index contributed by atoms with van der Waals surface area (Å²) in [7, 11) is -2.06. The summed E-state index contributed by atoms with van der Waals surface area (Å²) in [6, 6.07) is 4.83. The van der Waals surface area contributed by atoms with E-state index in [2.05, 4.69) is 0 Å². The van der Waals surface area contributed by atoms with Crippen molar-refractivity contribution in [1.82, 2.24) is 4.90 Å². The highest BCUT2D eigenvalue weighted by atomic mass is 35.5. The number of likely N-dealkylation sites (tertiary alicyclic amines) is 1. The maximum Gasteiger partial charge on any atom is 0.257 e. The number of benzene rings is 1. The number of methoxy groups -OCH3 is 1. The molecule has 6 nitrogen and oxygen atoms in total. The van der Waals surface area contributed by atoms with Gasteiger partial charge in [-0.2, -0.15) is 0 Å². The van der Waals surface area contributed by atoms with Crippen LogP contribution in [0.25, 0.3) is 0 Å². The van der Waals surface area contributed by atoms with Gasteiger partial charge in [0.25, 0.3) is 5.91 Å². The lowest BCUT2D eigenvalue weighted by molar-refractivity contribution is 0.0681. The molecule has 1 amide bonds. The summed E-state index contributed by atoms with van der Waals surface area (Å²) in [5, 5.41) is 5.58. The van der Waals surface area contributed by atoms with Crippen molar-refractivity contribution in [3.63, 3.8) is 0 Å². The van der Waals surface area contributed by atoms with E-state index in [0.29, 0.717) is 29.4 Å². The zero-order valence-electron chi connectivity index (χ0n) is 12.3. The molecular weight excluding hydrogens is 328 g/mol. The van der Waals surface area contributed by atoms with Crippen LogP contribution in [0.3, 0.4) is 0 Å². The molecule has 0 unspecified atom stereocenters. The van der Waals surface area contributed by atoms with Gasteiger partial charge in [0, 0.05) is 18.1 Å². The largest absolute Gasteiger partial charge is 0.496 e. The Hall–Kier alpha value is -1.31. The highest BCUT2D eigenvalue weighted by molar-refractivity contribution is 7.89. The summed E-state index contributed by atoms with van der Waals surface area (Å²) in [5.41, 5.74) is 0.420. The first kappa shape index (κ1) is 17.1. The summed E-state index contributed by atoms with van der Waals surface area (Å²) in [6.07, 6.45) is 1.50. The second-order valence-corrected chi connectivity index (χ2v) is 7.53. The van der Waals surface area contributed by atoms with Gasteiger partial charge in [-0.25, -0.2) is 13.6 Å². The van der Waals surface area contributed by atoms with E-state index in [1.54, 1.807) is 23.1 Å². The number of piperidine rings is 1. The van der Waals surface area contributed by atoms with Gasteiger partial charge >= 0.3 is 0 Å². The molecule has 122 valence electrons. The number of carbonyl (C=O) groups is 1. The van der Waals surface area contributed by atoms with Crippen LogP contribution in [0.5, 0.6) is 5.75 Å². The molecule has 2 N–H and O–H groups in total. The Labute approximate surface area is 135 Å². The van der Waals surface area contributed by atoms with Gasteiger partial charge in [0.05, 0.1) is 18.4 Å². The number of rotatable bonds is 4. The van der Waals surface area contributed by atoms with Gasteiger partial charge in [-0.05, 0) is 37.0 Å². The lowest BCUT2D eigenvalue weighted by Crippen LogP contribution is -2.42. The van der Waals surface area contributed by atoms with E-state index in [-0.39, 0.29) is 17.6 Å². The molecular formula is C14H19ClN2O4S. The zero-order valence-corrected chi connectivity index (χ0v) is 13.9. The van der Waals surface area contributed by atoms with Crippen LogP contribution in [-0.2, 0) is 10.0 Å². The van der Waals surface area contributed by atoms with Crippen molar-refractivity contribution in [1.29, 1.82) is 0 Å². The number of sulfonamides is 1. The second kappa shape index (κ2) is 6.85. The highest BCUT2D eigenvalue weighted by Gasteiger charge is 2.28. The molecule has 22 heavy (non-hydrogen) atoms. The van der Waals surface area contributed by atoms with Crippen LogP contribution in [0.1, 0.15) is 23.2 Å². The number of primary sulfonamides is 1. The van der Waals surface area contributed by atoms with Gasteiger partial charge in [0.15, 0.2) is 0 Å². The first-order chi connectivity index (χ1) is 10.3. The minimum absolute atomic E-state index is 0.103. The molecule has 1 aromatic carbocycles. The Morgan fingerprint density at radius 3 is 2.86 bits per heavy atom. The minimum atomic E-state index is -3.54. The predicted octanol–water partition coefficient (Wildman–Crippen LogP) is 1.49. The third-order valence-corrected chi connectivity index (χ3v) is 4.84. The van der Waals surface area contributed by atoms with Crippen molar-refractivity contribution in [2.45, 2.75) is 12.8 Å². The van der Waals surface area contributed by atoms with Crippen molar-refractivity contribution < 1.29 is 17.9 Å². The molecule has 0 radical (unpaired) electrons. The van der Waals surface area contributed by atoms with E-state index in [4.69, 9.17) is 21.5 Å². The van der Waals surface area contributed by atoms with Gasteiger partial charge in [0.2, 0.25) is 10.0 Å². The zero-order chi connectivity index (χ0) is 16.3. The number of amides is 1. The van der Waals surface area contributed by atoms with Crippen LogP contribution in [0.15, 0.2) is 18.2 Å². The molecule has 1 aromatic rings. The molecule has 1 saturated heterocycles. The van der Waals surface area contributed by atoms with Crippen molar-refractivity contribution in [3.05, 3.63) is 28.8 Å². The highest BCUT2D eigenvalue weighted by Crippen LogP contribution is 2.26. The topological polar surface area (TPSA) is 89.7 Å².